The van der Waals surface area contributed by atoms with Crippen LogP contribution in [-0.4, -0.2) is 37.1 Å². The molecular weight excluding hydrogens is 228 g/mol. The molecule has 0 spiro atoms. The number of rotatable bonds is 4. The van der Waals surface area contributed by atoms with Gasteiger partial charge in [0.1, 0.15) is 11.7 Å². The van der Waals surface area contributed by atoms with E-state index in [-0.39, 0.29) is 5.84 Å². The standard InChI is InChI=1S/C13H20N4O/c1-17(9-11-4-2-3-7-18-11)12-6-5-10(8-16-12)13(14)15/h5-6,8,11H,2-4,7,9H2,1H3,(H3,14,15). The summed E-state index contributed by atoms with van der Waals surface area (Å²) >= 11 is 0. The zero-order chi connectivity index (χ0) is 13.0. The molecule has 5 heteroatoms. The molecule has 0 aromatic carbocycles. The van der Waals surface area contributed by atoms with Crippen molar-refractivity contribution < 1.29 is 4.74 Å². The highest BCUT2D eigenvalue weighted by molar-refractivity contribution is 5.94. The van der Waals surface area contributed by atoms with Gasteiger partial charge in [-0.15, -0.1) is 0 Å². The van der Waals surface area contributed by atoms with E-state index in [1.807, 2.05) is 19.2 Å². The summed E-state index contributed by atoms with van der Waals surface area (Å²) in [7, 11) is 2.01. The lowest BCUT2D eigenvalue weighted by Crippen LogP contribution is -2.33. The zero-order valence-corrected chi connectivity index (χ0v) is 10.7. The first kappa shape index (κ1) is 12.8. The third-order valence-corrected chi connectivity index (χ3v) is 3.20. The van der Waals surface area contributed by atoms with Crippen LogP contribution in [0.3, 0.4) is 0 Å². The lowest BCUT2D eigenvalue weighted by molar-refractivity contribution is 0.0215. The van der Waals surface area contributed by atoms with Gasteiger partial charge in [-0.1, -0.05) is 0 Å². The summed E-state index contributed by atoms with van der Waals surface area (Å²) < 4.78 is 5.71. The number of ether oxygens (including phenoxy) is 1. The number of nitrogens with one attached hydrogen (secondary N) is 1. The van der Waals surface area contributed by atoms with E-state index in [9.17, 15) is 0 Å². The molecule has 1 atom stereocenters. The average Bonchev–Trinajstić information content (AvgIpc) is 2.40. The van der Waals surface area contributed by atoms with Gasteiger partial charge < -0.3 is 15.4 Å². The number of anilines is 1. The number of nitrogen functional groups attached to an aromatic ring is 1. The largest absolute Gasteiger partial charge is 0.384 e. The van der Waals surface area contributed by atoms with Gasteiger partial charge in [0.2, 0.25) is 0 Å². The van der Waals surface area contributed by atoms with Crippen molar-refractivity contribution in [3.63, 3.8) is 0 Å². The van der Waals surface area contributed by atoms with Gasteiger partial charge in [-0.2, -0.15) is 0 Å². The van der Waals surface area contributed by atoms with Crippen molar-refractivity contribution in [3.05, 3.63) is 23.9 Å². The molecule has 1 unspecified atom stereocenters. The third kappa shape index (κ3) is 3.20. The van der Waals surface area contributed by atoms with Gasteiger partial charge in [0.05, 0.1) is 6.10 Å². The number of likely N-dealkylation sites (N-methyl/N-ethyl adjacent to an activating group) is 1. The molecule has 1 aromatic rings. The summed E-state index contributed by atoms with van der Waals surface area (Å²) in [5.74, 6) is 0.932. The van der Waals surface area contributed by atoms with E-state index >= 15 is 0 Å². The molecular formula is C13H20N4O. The van der Waals surface area contributed by atoms with Gasteiger partial charge >= 0.3 is 0 Å². The molecule has 0 radical (unpaired) electrons. The van der Waals surface area contributed by atoms with E-state index in [2.05, 4.69) is 9.88 Å². The summed E-state index contributed by atoms with van der Waals surface area (Å²) in [6.07, 6.45) is 5.48. The van der Waals surface area contributed by atoms with Crippen LogP contribution in [0, 0.1) is 5.41 Å². The number of amidine groups is 1. The topological polar surface area (TPSA) is 75.2 Å². The second-order valence-electron chi connectivity index (χ2n) is 4.69. The van der Waals surface area contributed by atoms with Gasteiger partial charge in [0.15, 0.2) is 0 Å². The van der Waals surface area contributed by atoms with Crippen LogP contribution >= 0.6 is 0 Å². The number of nitrogens with two attached hydrogens (primary N) is 1. The molecule has 1 aromatic heterocycles. The molecule has 2 rings (SSSR count). The van der Waals surface area contributed by atoms with E-state index in [1.165, 1.54) is 12.8 Å². The number of nitrogens with zero attached hydrogens (tertiary/aromatic N) is 2. The first-order valence-electron chi connectivity index (χ1n) is 6.30. The van der Waals surface area contributed by atoms with Crippen LogP contribution in [0.15, 0.2) is 18.3 Å². The number of aromatic nitrogens is 1. The smallest absolute Gasteiger partial charge is 0.128 e. The molecule has 0 amide bonds. The Morgan fingerprint density at radius 2 is 2.39 bits per heavy atom. The van der Waals surface area contributed by atoms with Gasteiger partial charge in [-0.05, 0) is 31.4 Å². The Labute approximate surface area is 107 Å². The Morgan fingerprint density at radius 3 is 2.94 bits per heavy atom. The monoisotopic (exact) mass is 248 g/mol. The van der Waals surface area contributed by atoms with Crippen molar-refractivity contribution in [2.75, 3.05) is 25.1 Å². The minimum atomic E-state index is 0.0484. The molecule has 1 aliphatic rings. The molecule has 98 valence electrons. The van der Waals surface area contributed by atoms with Crippen LogP contribution in [0.1, 0.15) is 24.8 Å². The van der Waals surface area contributed by atoms with Crippen molar-refractivity contribution in [1.29, 1.82) is 5.41 Å². The van der Waals surface area contributed by atoms with Gasteiger partial charge in [-0.3, -0.25) is 5.41 Å². The number of hydrogen-bond donors (Lipinski definition) is 2. The number of pyridine rings is 1. The lowest BCUT2D eigenvalue weighted by atomic mass is 10.1. The van der Waals surface area contributed by atoms with E-state index in [0.717, 1.165) is 25.4 Å². The quantitative estimate of drug-likeness (QED) is 0.623. The van der Waals surface area contributed by atoms with Gasteiger partial charge in [0, 0.05) is 32.0 Å². The highest BCUT2D eigenvalue weighted by Crippen LogP contribution is 2.16. The predicted octanol–water partition coefficient (Wildman–Crippen LogP) is 1.37. The van der Waals surface area contributed by atoms with Crippen LogP contribution in [-0.2, 0) is 4.74 Å². The molecule has 1 saturated heterocycles. The lowest BCUT2D eigenvalue weighted by Gasteiger charge is -2.28. The van der Waals surface area contributed by atoms with Gasteiger partial charge in [-0.25, -0.2) is 4.98 Å². The van der Waals surface area contributed by atoms with Crippen molar-refractivity contribution >= 4 is 11.7 Å². The number of hydrogen-bond acceptors (Lipinski definition) is 4. The highest BCUT2D eigenvalue weighted by Gasteiger charge is 2.16. The summed E-state index contributed by atoms with van der Waals surface area (Å²) in [6, 6.07) is 3.71. The second kappa shape index (κ2) is 5.82. The van der Waals surface area contributed by atoms with E-state index in [1.54, 1.807) is 6.20 Å². The van der Waals surface area contributed by atoms with E-state index in [0.29, 0.717) is 11.7 Å². The molecule has 1 fully saturated rings. The van der Waals surface area contributed by atoms with Crippen LogP contribution < -0.4 is 10.6 Å². The molecule has 0 aliphatic carbocycles. The van der Waals surface area contributed by atoms with Crippen molar-refractivity contribution in [2.45, 2.75) is 25.4 Å². The van der Waals surface area contributed by atoms with Crippen LogP contribution in [0.25, 0.3) is 0 Å². The summed E-state index contributed by atoms with van der Waals surface area (Å²) in [5, 5.41) is 7.32. The SMILES string of the molecule is CN(CC1CCCCO1)c1ccc(C(=N)N)cn1. The van der Waals surface area contributed by atoms with Crippen molar-refractivity contribution in [2.24, 2.45) is 5.73 Å². The summed E-state index contributed by atoms with van der Waals surface area (Å²) in [5.41, 5.74) is 6.05. The van der Waals surface area contributed by atoms with Crippen LogP contribution in [0.5, 0.6) is 0 Å². The maximum atomic E-state index is 7.32. The van der Waals surface area contributed by atoms with Crippen LogP contribution in [0.4, 0.5) is 5.82 Å². The normalized spacial score (nSPS) is 19.5. The fraction of sp³-hybridized carbons (Fsp3) is 0.538. The average molecular weight is 248 g/mol. The molecule has 0 saturated carbocycles. The molecule has 1 aliphatic heterocycles. The molecule has 0 bridgehead atoms. The van der Waals surface area contributed by atoms with Crippen molar-refractivity contribution in [3.8, 4) is 0 Å². The summed E-state index contributed by atoms with van der Waals surface area (Å²) in [4.78, 5) is 6.40. The fourth-order valence-corrected chi connectivity index (χ4v) is 2.12. The molecule has 3 N–H and O–H groups in total. The predicted molar refractivity (Wildman–Crippen MR) is 72.1 cm³/mol. The Kier molecular flexibility index (Phi) is 4.15. The fourth-order valence-electron chi connectivity index (χ4n) is 2.12. The minimum absolute atomic E-state index is 0.0484. The molecule has 2 heterocycles. The maximum absolute atomic E-state index is 7.32. The Morgan fingerprint density at radius 1 is 1.56 bits per heavy atom. The molecule has 18 heavy (non-hydrogen) atoms. The summed E-state index contributed by atoms with van der Waals surface area (Å²) in [6.45, 7) is 1.72. The molecule has 5 nitrogen and oxygen atoms in total. The first-order chi connectivity index (χ1) is 8.66. The Balaban J connectivity index is 1.95. The minimum Gasteiger partial charge on any atom is -0.384 e. The van der Waals surface area contributed by atoms with Gasteiger partial charge in [0.25, 0.3) is 0 Å². The second-order valence-corrected chi connectivity index (χ2v) is 4.69. The maximum Gasteiger partial charge on any atom is 0.128 e. The Hall–Kier alpha value is -1.62. The first-order valence-corrected chi connectivity index (χ1v) is 6.30. The zero-order valence-electron chi connectivity index (χ0n) is 10.7. The van der Waals surface area contributed by atoms with E-state index < -0.39 is 0 Å². The van der Waals surface area contributed by atoms with Crippen LogP contribution in [0.2, 0.25) is 0 Å². The Bertz CT molecular complexity index is 398. The van der Waals surface area contributed by atoms with E-state index in [4.69, 9.17) is 15.9 Å². The third-order valence-electron chi connectivity index (χ3n) is 3.20. The highest BCUT2D eigenvalue weighted by atomic mass is 16.5. The van der Waals surface area contributed by atoms with Crippen molar-refractivity contribution in [1.82, 2.24) is 4.98 Å².